The first-order valence-electron chi connectivity index (χ1n) is 8.53. The van der Waals surface area contributed by atoms with Crippen LogP contribution in [0.15, 0.2) is 91.6 Å². The van der Waals surface area contributed by atoms with E-state index >= 15 is 0 Å². The van der Waals surface area contributed by atoms with E-state index in [4.69, 9.17) is 0 Å². The van der Waals surface area contributed by atoms with Crippen LogP contribution in [-0.4, -0.2) is 25.7 Å². The van der Waals surface area contributed by atoms with E-state index in [9.17, 15) is 4.79 Å². The van der Waals surface area contributed by atoms with Crippen LogP contribution in [0.2, 0.25) is 0 Å². The first kappa shape index (κ1) is 16.7. The molecule has 2 aromatic heterocycles. The number of pyridine rings is 1. The van der Waals surface area contributed by atoms with Crippen molar-refractivity contribution in [3.05, 3.63) is 103 Å². The van der Waals surface area contributed by atoms with Gasteiger partial charge in [-0.05, 0) is 23.3 Å². The van der Waals surface area contributed by atoms with E-state index in [-0.39, 0.29) is 5.91 Å². The van der Waals surface area contributed by atoms with Gasteiger partial charge in [-0.2, -0.15) is 0 Å². The molecule has 0 saturated carbocycles. The van der Waals surface area contributed by atoms with Gasteiger partial charge in [0.1, 0.15) is 18.5 Å². The molecule has 1 N–H and O–H groups in total. The van der Waals surface area contributed by atoms with Gasteiger partial charge in [-0.3, -0.25) is 9.36 Å². The number of rotatable bonds is 5. The third kappa shape index (κ3) is 3.74. The molecular weight excluding hydrogens is 338 g/mol. The minimum Gasteiger partial charge on any atom is -0.324 e. The molecule has 0 aliphatic rings. The zero-order valence-electron chi connectivity index (χ0n) is 14.4. The number of benzene rings is 2. The highest BCUT2D eigenvalue weighted by Gasteiger charge is 2.22. The molecular formula is C21H17N5O. The van der Waals surface area contributed by atoms with Gasteiger partial charge in [-0.1, -0.05) is 60.7 Å². The molecule has 6 heteroatoms. The predicted octanol–water partition coefficient (Wildman–Crippen LogP) is 3.43. The molecule has 2 aromatic carbocycles. The molecule has 6 nitrogen and oxygen atoms in total. The average Bonchev–Trinajstić information content (AvgIpc) is 3.25. The molecule has 27 heavy (non-hydrogen) atoms. The Bertz CT molecular complexity index is 960. The van der Waals surface area contributed by atoms with Gasteiger partial charge in [-0.25, -0.2) is 4.98 Å². The number of carbonyl (C=O) groups excluding carboxylic acids is 1. The standard InChI is InChI=1S/C21H17N5O/c27-21(25-18-11-12-19(22-13-18)26-14-23-24-15-26)20(16-7-3-1-4-8-16)17-9-5-2-6-10-17/h1-15,20H,(H,25,27). The van der Waals surface area contributed by atoms with E-state index in [0.717, 1.165) is 11.1 Å². The summed E-state index contributed by atoms with van der Waals surface area (Å²) in [6.07, 6.45) is 4.77. The van der Waals surface area contributed by atoms with Gasteiger partial charge in [0.05, 0.1) is 17.8 Å². The summed E-state index contributed by atoms with van der Waals surface area (Å²) in [6.45, 7) is 0. The van der Waals surface area contributed by atoms with Crippen molar-refractivity contribution in [1.29, 1.82) is 0 Å². The van der Waals surface area contributed by atoms with Gasteiger partial charge in [-0.15, -0.1) is 10.2 Å². The Balaban J connectivity index is 1.59. The summed E-state index contributed by atoms with van der Waals surface area (Å²) >= 11 is 0. The van der Waals surface area contributed by atoms with Crippen LogP contribution in [0.3, 0.4) is 0 Å². The number of nitrogens with one attached hydrogen (secondary N) is 1. The van der Waals surface area contributed by atoms with Crippen LogP contribution in [0, 0.1) is 0 Å². The first-order chi connectivity index (χ1) is 13.3. The van der Waals surface area contributed by atoms with Crippen molar-refractivity contribution in [2.24, 2.45) is 0 Å². The third-order valence-corrected chi connectivity index (χ3v) is 4.23. The van der Waals surface area contributed by atoms with Crippen LogP contribution < -0.4 is 5.32 Å². The summed E-state index contributed by atoms with van der Waals surface area (Å²) in [7, 11) is 0. The highest BCUT2D eigenvalue weighted by molar-refractivity contribution is 5.98. The molecule has 4 rings (SSSR count). The molecule has 0 spiro atoms. The molecule has 132 valence electrons. The maximum Gasteiger partial charge on any atom is 0.236 e. The van der Waals surface area contributed by atoms with E-state index in [0.29, 0.717) is 11.5 Å². The fourth-order valence-corrected chi connectivity index (χ4v) is 2.93. The van der Waals surface area contributed by atoms with Crippen LogP contribution >= 0.6 is 0 Å². The Hall–Kier alpha value is -3.80. The summed E-state index contributed by atoms with van der Waals surface area (Å²) in [5.41, 5.74) is 2.51. The van der Waals surface area contributed by atoms with E-state index < -0.39 is 5.92 Å². The third-order valence-electron chi connectivity index (χ3n) is 4.23. The molecule has 0 unspecified atom stereocenters. The Morgan fingerprint density at radius 1 is 0.815 bits per heavy atom. The van der Waals surface area contributed by atoms with Crippen LogP contribution in [0.4, 0.5) is 5.69 Å². The second kappa shape index (κ2) is 7.61. The fourth-order valence-electron chi connectivity index (χ4n) is 2.93. The fraction of sp³-hybridized carbons (Fsp3) is 0.0476. The lowest BCUT2D eigenvalue weighted by Crippen LogP contribution is -2.22. The van der Waals surface area contributed by atoms with Gasteiger partial charge in [0.25, 0.3) is 0 Å². The maximum atomic E-state index is 13.1. The second-order valence-electron chi connectivity index (χ2n) is 6.02. The van der Waals surface area contributed by atoms with Crippen molar-refractivity contribution in [3.63, 3.8) is 0 Å². The molecule has 2 heterocycles. The van der Waals surface area contributed by atoms with Crippen LogP contribution in [-0.2, 0) is 4.79 Å². The predicted molar refractivity (Wildman–Crippen MR) is 103 cm³/mol. The second-order valence-corrected chi connectivity index (χ2v) is 6.02. The Morgan fingerprint density at radius 2 is 1.41 bits per heavy atom. The lowest BCUT2D eigenvalue weighted by Gasteiger charge is -2.18. The Labute approximate surface area is 156 Å². The molecule has 0 fully saturated rings. The molecule has 1 amide bonds. The normalized spacial score (nSPS) is 10.7. The van der Waals surface area contributed by atoms with Gasteiger partial charge in [0, 0.05) is 0 Å². The van der Waals surface area contributed by atoms with Gasteiger partial charge in [0.15, 0.2) is 0 Å². The van der Waals surface area contributed by atoms with Crippen molar-refractivity contribution in [2.75, 3.05) is 5.32 Å². The first-order valence-corrected chi connectivity index (χ1v) is 8.53. The summed E-state index contributed by atoms with van der Waals surface area (Å²) < 4.78 is 1.70. The van der Waals surface area contributed by atoms with Gasteiger partial charge in [0.2, 0.25) is 5.91 Å². The number of hydrogen-bond acceptors (Lipinski definition) is 4. The van der Waals surface area contributed by atoms with Crippen molar-refractivity contribution >= 4 is 11.6 Å². The summed E-state index contributed by atoms with van der Waals surface area (Å²) in [5, 5.41) is 10.5. The minimum atomic E-state index is -0.398. The van der Waals surface area contributed by atoms with Crippen molar-refractivity contribution in [1.82, 2.24) is 19.7 Å². The molecule has 0 aliphatic carbocycles. The molecule has 0 bridgehead atoms. The minimum absolute atomic E-state index is 0.105. The Morgan fingerprint density at radius 3 is 1.93 bits per heavy atom. The molecule has 0 aliphatic heterocycles. The number of nitrogens with zero attached hydrogens (tertiary/aromatic N) is 4. The molecule has 0 saturated heterocycles. The largest absolute Gasteiger partial charge is 0.324 e. The van der Waals surface area contributed by atoms with E-state index in [2.05, 4.69) is 20.5 Å². The van der Waals surface area contributed by atoms with Crippen LogP contribution in [0.5, 0.6) is 0 Å². The highest BCUT2D eigenvalue weighted by atomic mass is 16.1. The maximum absolute atomic E-state index is 13.1. The summed E-state index contributed by atoms with van der Waals surface area (Å²) in [5.74, 6) is 0.178. The zero-order valence-corrected chi connectivity index (χ0v) is 14.4. The lowest BCUT2D eigenvalue weighted by molar-refractivity contribution is -0.116. The quantitative estimate of drug-likeness (QED) is 0.595. The van der Waals surface area contributed by atoms with Crippen molar-refractivity contribution in [3.8, 4) is 5.82 Å². The molecule has 0 radical (unpaired) electrons. The molecule has 4 aromatic rings. The number of carbonyl (C=O) groups is 1. The number of aromatic nitrogens is 4. The summed E-state index contributed by atoms with van der Waals surface area (Å²) in [4.78, 5) is 17.4. The van der Waals surface area contributed by atoms with Gasteiger partial charge < -0.3 is 5.32 Å². The van der Waals surface area contributed by atoms with E-state index in [1.165, 1.54) is 0 Å². The molecule has 0 atom stereocenters. The van der Waals surface area contributed by atoms with E-state index in [1.807, 2.05) is 66.7 Å². The van der Waals surface area contributed by atoms with Crippen LogP contribution in [0.1, 0.15) is 17.0 Å². The van der Waals surface area contributed by atoms with Crippen molar-refractivity contribution < 1.29 is 4.79 Å². The number of anilines is 1. The van der Waals surface area contributed by atoms with Gasteiger partial charge >= 0.3 is 0 Å². The SMILES string of the molecule is O=C(Nc1ccc(-n2cnnc2)nc1)C(c1ccccc1)c1ccccc1. The number of hydrogen-bond donors (Lipinski definition) is 1. The smallest absolute Gasteiger partial charge is 0.236 e. The Kier molecular flexibility index (Phi) is 4.70. The number of amides is 1. The van der Waals surface area contributed by atoms with E-state index in [1.54, 1.807) is 29.5 Å². The lowest BCUT2D eigenvalue weighted by atomic mass is 9.90. The topological polar surface area (TPSA) is 72.7 Å². The monoisotopic (exact) mass is 355 g/mol. The zero-order chi connectivity index (χ0) is 18.5. The average molecular weight is 355 g/mol. The highest BCUT2D eigenvalue weighted by Crippen LogP contribution is 2.26. The van der Waals surface area contributed by atoms with Crippen LogP contribution in [0.25, 0.3) is 5.82 Å². The summed E-state index contributed by atoms with van der Waals surface area (Å²) in [6, 6.07) is 23.1. The van der Waals surface area contributed by atoms with Crippen molar-refractivity contribution in [2.45, 2.75) is 5.92 Å².